The second-order valence-electron chi connectivity index (χ2n) is 6.07. The summed E-state index contributed by atoms with van der Waals surface area (Å²) in [5.74, 6) is 1.07. The number of para-hydroxylation sites is 1. The van der Waals surface area contributed by atoms with Crippen molar-refractivity contribution >= 4 is 5.84 Å². The highest BCUT2D eigenvalue weighted by molar-refractivity contribution is 5.97. The zero-order chi connectivity index (χ0) is 15.6. The molecule has 2 rings (SSSR count). The molecular weight excluding hydrogens is 262 g/mol. The molecule has 110 valence electrons. The van der Waals surface area contributed by atoms with Crippen LogP contribution < -0.4 is 10.5 Å². The molecule has 1 aromatic carbocycles. The highest BCUT2D eigenvalue weighted by Gasteiger charge is 2.20. The molecule has 0 unspecified atom stereocenters. The maximum Gasteiger partial charge on any atom is 0.230 e. The molecule has 0 aliphatic heterocycles. The number of aromatic nitrogens is 1. The molecule has 0 atom stereocenters. The fourth-order valence-electron chi connectivity index (χ4n) is 2.10. The summed E-state index contributed by atoms with van der Waals surface area (Å²) >= 11 is 0. The summed E-state index contributed by atoms with van der Waals surface area (Å²) in [5, 5.41) is 7.65. The topological polar surface area (TPSA) is 72.0 Å². The molecule has 2 aromatic rings. The van der Waals surface area contributed by atoms with E-state index in [4.69, 9.17) is 15.9 Å². The SMILES string of the molecule is Cc1ccc(C(=N)N)c(Oc2ccccc2C(C)(C)C)n1. The Morgan fingerprint density at radius 1 is 1.14 bits per heavy atom. The maximum absolute atomic E-state index is 7.65. The smallest absolute Gasteiger partial charge is 0.230 e. The molecule has 3 N–H and O–H groups in total. The van der Waals surface area contributed by atoms with Gasteiger partial charge in [0.2, 0.25) is 5.88 Å². The largest absolute Gasteiger partial charge is 0.438 e. The van der Waals surface area contributed by atoms with Gasteiger partial charge in [-0.2, -0.15) is 0 Å². The van der Waals surface area contributed by atoms with Crippen LogP contribution in [0.25, 0.3) is 0 Å². The van der Waals surface area contributed by atoms with Crippen LogP contribution in [-0.2, 0) is 5.41 Å². The summed E-state index contributed by atoms with van der Waals surface area (Å²) in [4.78, 5) is 4.37. The molecule has 21 heavy (non-hydrogen) atoms. The normalized spacial score (nSPS) is 11.2. The number of nitrogen functional groups attached to an aromatic ring is 1. The molecule has 0 saturated carbocycles. The lowest BCUT2D eigenvalue weighted by molar-refractivity contribution is 0.438. The molecule has 0 radical (unpaired) electrons. The number of aryl methyl sites for hydroxylation is 1. The van der Waals surface area contributed by atoms with Gasteiger partial charge in [-0.25, -0.2) is 4.98 Å². The second-order valence-corrected chi connectivity index (χ2v) is 6.07. The van der Waals surface area contributed by atoms with E-state index in [-0.39, 0.29) is 11.3 Å². The molecular formula is C17H21N3O. The summed E-state index contributed by atoms with van der Waals surface area (Å²) in [7, 11) is 0. The average molecular weight is 283 g/mol. The lowest BCUT2D eigenvalue weighted by Gasteiger charge is -2.22. The van der Waals surface area contributed by atoms with Crippen LogP contribution in [-0.4, -0.2) is 10.8 Å². The number of pyridine rings is 1. The molecule has 0 saturated heterocycles. The van der Waals surface area contributed by atoms with Crippen molar-refractivity contribution in [2.45, 2.75) is 33.1 Å². The molecule has 0 aliphatic carbocycles. The van der Waals surface area contributed by atoms with Crippen LogP contribution in [0.3, 0.4) is 0 Å². The first-order valence-corrected chi connectivity index (χ1v) is 6.88. The van der Waals surface area contributed by atoms with Gasteiger partial charge in [-0.1, -0.05) is 39.0 Å². The summed E-state index contributed by atoms with van der Waals surface area (Å²) in [5.41, 5.74) is 7.97. The average Bonchev–Trinajstić information content (AvgIpc) is 2.37. The highest BCUT2D eigenvalue weighted by atomic mass is 16.5. The Kier molecular flexibility index (Phi) is 3.98. The van der Waals surface area contributed by atoms with Crippen molar-refractivity contribution < 1.29 is 4.74 Å². The number of benzene rings is 1. The van der Waals surface area contributed by atoms with Gasteiger partial charge in [0.25, 0.3) is 0 Å². The quantitative estimate of drug-likeness (QED) is 0.665. The summed E-state index contributed by atoms with van der Waals surface area (Å²) in [6.45, 7) is 8.27. The Labute approximate surface area is 125 Å². The van der Waals surface area contributed by atoms with Crippen LogP contribution in [0, 0.1) is 12.3 Å². The van der Waals surface area contributed by atoms with E-state index in [9.17, 15) is 0 Å². The van der Waals surface area contributed by atoms with E-state index >= 15 is 0 Å². The lowest BCUT2D eigenvalue weighted by Crippen LogP contribution is -2.15. The Hall–Kier alpha value is -2.36. The van der Waals surface area contributed by atoms with E-state index in [0.717, 1.165) is 17.0 Å². The van der Waals surface area contributed by atoms with Crippen molar-refractivity contribution in [3.05, 3.63) is 53.2 Å². The van der Waals surface area contributed by atoms with Crippen LogP contribution in [0.1, 0.15) is 37.6 Å². The van der Waals surface area contributed by atoms with Crippen LogP contribution >= 0.6 is 0 Å². The molecule has 0 fully saturated rings. The monoisotopic (exact) mass is 283 g/mol. The van der Waals surface area contributed by atoms with E-state index in [2.05, 4.69) is 25.8 Å². The van der Waals surface area contributed by atoms with E-state index in [1.54, 1.807) is 6.07 Å². The van der Waals surface area contributed by atoms with E-state index in [1.165, 1.54) is 0 Å². The third-order valence-electron chi connectivity index (χ3n) is 3.19. The third kappa shape index (κ3) is 3.40. The third-order valence-corrected chi connectivity index (χ3v) is 3.19. The van der Waals surface area contributed by atoms with Gasteiger partial charge in [0, 0.05) is 11.3 Å². The summed E-state index contributed by atoms with van der Waals surface area (Å²) in [6, 6.07) is 11.4. The number of hydrogen-bond acceptors (Lipinski definition) is 3. The van der Waals surface area contributed by atoms with Gasteiger partial charge in [0.1, 0.15) is 11.6 Å². The van der Waals surface area contributed by atoms with Gasteiger partial charge in [-0.05, 0) is 30.5 Å². The molecule has 4 heteroatoms. The van der Waals surface area contributed by atoms with Gasteiger partial charge in [-0.15, -0.1) is 0 Å². The van der Waals surface area contributed by atoms with Crippen molar-refractivity contribution in [3.8, 4) is 11.6 Å². The van der Waals surface area contributed by atoms with Crippen LogP contribution in [0.2, 0.25) is 0 Å². The molecule has 0 spiro atoms. The first kappa shape index (κ1) is 15.0. The van der Waals surface area contributed by atoms with E-state index in [0.29, 0.717) is 11.4 Å². The standard InChI is InChI=1S/C17H21N3O/c1-11-9-10-12(15(18)19)16(20-11)21-14-8-6-5-7-13(14)17(2,3)4/h5-10H,1-4H3,(H3,18,19). The number of hydrogen-bond donors (Lipinski definition) is 2. The Morgan fingerprint density at radius 3 is 2.43 bits per heavy atom. The minimum Gasteiger partial charge on any atom is -0.438 e. The predicted molar refractivity (Wildman–Crippen MR) is 85.2 cm³/mol. The van der Waals surface area contributed by atoms with Gasteiger partial charge < -0.3 is 10.5 Å². The Bertz CT molecular complexity index is 672. The predicted octanol–water partition coefficient (Wildman–Crippen LogP) is 3.76. The molecule has 4 nitrogen and oxygen atoms in total. The Morgan fingerprint density at radius 2 is 1.81 bits per heavy atom. The van der Waals surface area contributed by atoms with Crippen molar-refractivity contribution in [2.24, 2.45) is 5.73 Å². The van der Waals surface area contributed by atoms with Crippen molar-refractivity contribution in [2.75, 3.05) is 0 Å². The zero-order valence-electron chi connectivity index (χ0n) is 12.9. The lowest BCUT2D eigenvalue weighted by atomic mass is 9.86. The van der Waals surface area contributed by atoms with E-state index < -0.39 is 0 Å². The van der Waals surface area contributed by atoms with Crippen molar-refractivity contribution in [1.82, 2.24) is 4.98 Å². The maximum atomic E-state index is 7.65. The van der Waals surface area contributed by atoms with Crippen LogP contribution in [0.4, 0.5) is 0 Å². The van der Waals surface area contributed by atoms with Crippen LogP contribution in [0.15, 0.2) is 36.4 Å². The number of rotatable bonds is 3. The second kappa shape index (κ2) is 5.56. The minimum absolute atomic E-state index is 0.0448. The molecule has 0 amide bonds. The zero-order valence-corrected chi connectivity index (χ0v) is 12.9. The number of nitrogens with two attached hydrogens (primary N) is 1. The molecule has 0 aliphatic rings. The highest BCUT2D eigenvalue weighted by Crippen LogP contribution is 2.34. The van der Waals surface area contributed by atoms with Crippen LogP contribution in [0.5, 0.6) is 11.6 Å². The van der Waals surface area contributed by atoms with Gasteiger partial charge in [0.15, 0.2) is 0 Å². The fraction of sp³-hybridized carbons (Fsp3) is 0.294. The fourth-order valence-corrected chi connectivity index (χ4v) is 2.10. The molecule has 1 aromatic heterocycles. The minimum atomic E-state index is -0.0502. The number of amidine groups is 1. The number of nitrogens with one attached hydrogen (secondary N) is 1. The first-order valence-electron chi connectivity index (χ1n) is 6.88. The van der Waals surface area contributed by atoms with E-state index in [1.807, 2.05) is 37.3 Å². The number of nitrogens with zero attached hydrogens (tertiary/aromatic N) is 1. The summed E-state index contributed by atoms with van der Waals surface area (Å²) in [6.07, 6.45) is 0. The molecule has 1 heterocycles. The number of ether oxygens (including phenoxy) is 1. The van der Waals surface area contributed by atoms with Gasteiger partial charge >= 0.3 is 0 Å². The molecule has 0 bridgehead atoms. The van der Waals surface area contributed by atoms with Gasteiger partial charge in [-0.3, -0.25) is 5.41 Å². The summed E-state index contributed by atoms with van der Waals surface area (Å²) < 4.78 is 5.98. The van der Waals surface area contributed by atoms with Crippen molar-refractivity contribution in [1.29, 1.82) is 5.41 Å². The first-order chi connectivity index (χ1) is 9.79. The van der Waals surface area contributed by atoms with Crippen molar-refractivity contribution in [3.63, 3.8) is 0 Å². The Balaban J connectivity index is 2.49. The van der Waals surface area contributed by atoms with Gasteiger partial charge in [0.05, 0.1) is 5.56 Å².